The van der Waals surface area contributed by atoms with E-state index in [0.717, 1.165) is 0 Å². The second kappa shape index (κ2) is 12.0. The molecule has 36 heavy (non-hydrogen) atoms. The Balaban J connectivity index is 0.00000361. The number of anilines is 1. The van der Waals surface area contributed by atoms with E-state index in [-0.39, 0.29) is 35.4 Å². The molecular weight excluding hydrogens is 498 g/mol. The Hall–Kier alpha value is -4.23. The number of benzene rings is 2. The van der Waals surface area contributed by atoms with Gasteiger partial charge in [-0.3, -0.25) is 9.59 Å². The summed E-state index contributed by atoms with van der Waals surface area (Å²) in [5, 5.41) is 27.7. The number of amides is 2. The van der Waals surface area contributed by atoms with Gasteiger partial charge in [0, 0.05) is 29.8 Å². The number of pyridine rings is 1. The second-order valence-corrected chi connectivity index (χ2v) is 8.41. The zero-order valence-corrected chi connectivity index (χ0v) is 20.5. The van der Waals surface area contributed by atoms with E-state index in [1.54, 1.807) is 66.0 Å². The minimum Gasteiger partial charge on any atom is -0.507 e. The molecule has 2 amide bonds. The average molecular weight is 520 g/mol. The Morgan fingerprint density at radius 3 is 2.53 bits per heavy atom. The van der Waals surface area contributed by atoms with Crippen LogP contribution in [0, 0.1) is 11.3 Å². The minimum atomic E-state index is -0.403. The van der Waals surface area contributed by atoms with Crippen LogP contribution in [0.4, 0.5) is 5.82 Å². The topological polar surface area (TPSA) is 141 Å². The van der Waals surface area contributed by atoms with Crippen LogP contribution in [0.1, 0.15) is 25.6 Å². The van der Waals surface area contributed by atoms with Gasteiger partial charge < -0.3 is 21.5 Å². The predicted octanol–water partition coefficient (Wildman–Crippen LogP) is 4.42. The monoisotopic (exact) mass is 519 g/mol. The van der Waals surface area contributed by atoms with E-state index in [4.69, 9.17) is 5.73 Å². The number of phenols is 1. The van der Waals surface area contributed by atoms with Gasteiger partial charge in [-0.05, 0) is 47.3 Å². The van der Waals surface area contributed by atoms with E-state index in [0.29, 0.717) is 45.9 Å². The average Bonchev–Trinajstić information content (AvgIpc) is 3.42. The first kappa shape index (κ1) is 26.4. The summed E-state index contributed by atoms with van der Waals surface area (Å²) in [7, 11) is 0. The largest absolute Gasteiger partial charge is 0.507 e. The van der Waals surface area contributed by atoms with Gasteiger partial charge in [0.15, 0.2) is 5.82 Å². The standard InChI is InChI=1S/C26H21N5O3S.ClH/c27-10-11-29-25(33)17-6-3-5-16(13-17)19-14-21(18-7-1-2-8-22(18)32)30-24(20(19)15-28)31-26(34)23-9-4-12-35-23;/h1-9,12-14,32H,10-11,27H2,(H,29,33)(H,30,31,34);1H. The molecule has 0 aliphatic carbocycles. The third-order valence-electron chi connectivity index (χ3n) is 5.15. The quantitative estimate of drug-likeness (QED) is 0.285. The maximum absolute atomic E-state index is 12.8. The number of halogens is 1. The number of aromatic nitrogens is 1. The van der Waals surface area contributed by atoms with Crippen LogP contribution in [0.25, 0.3) is 22.4 Å². The van der Waals surface area contributed by atoms with E-state index in [9.17, 15) is 20.0 Å². The van der Waals surface area contributed by atoms with E-state index in [2.05, 4.69) is 21.7 Å². The number of aromatic hydroxyl groups is 1. The number of carbonyl (C=O) groups is 2. The van der Waals surface area contributed by atoms with Gasteiger partial charge in [-0.25, -0.2) is 4.98 Å². The van der Waals surface area contributed by atoms with Crippen LogP contribution in [0.15, 0.2) is 72.1 Å². The van der Waals surface area contributed by atoms with Crippen molar-refractivity contribution in [1.29, 1.82) is 5.26 Å². The van der Waals surface area contributed by atoms with Gasteiger partial charge in [0.1, 0.15) is 17.4 Å². The van der Waals surface area contributed by atoms with Crippen LogP contribution in [-0.4, -0.2) is 35.0 Å². The molecule has 4 rings (SSSR count). The van der Waals surface area contributed by atoms with Crippen molar-refractivity contribution in [3.8, 4) is 34.2 Å². The van der Waals surface area contributed by atoms with Gasteiger partial charge >= 0.3 is 0 Å². The summed E-state index contributed by atoms with van der Waals surface area (Å²) in [6, 6.07) is 20.7. The van der Waals surface area contributed by atoms with E-state index in [1.807, 2.05) is 0 Å². The van der Waals surface area contributed by atoms with E-state index >= 15 is 0 Å². The van der Waals surface area contributed by atoms with Crippen molar-refractivity contribution in [3.63, 3.8) is 0 Å². The van der Waals surface area contributed by atoms with E-state index in [1.165, 1.54) is 17.4 Å². The van der Waals surface area contributed by atoms with Crippen LogP contribution in [0.2, 0.25) is 0 Å². The van der Waals surface area contributed by atoms with Crippen molar-refractivity contribution >= 4 is 41.4 Å². The number of phenolic OH excluding ortho intramolecular Hbond substituents is 1. The van der Waals surface area contributed by atoms with Crippen LogP contribution < -0.4 is 16.4 Å². The number of rotatable bonds is 7. The number of nitrogens with two attached hydrogens (primary N) is 1. The second-order valence-electron chi connectivity index (χ2n) is 7.46. The lowest BCUT2D eigenvalue weighted by atomic mass is 9.96. The lowest BCUT2D eigenvalue weighted by molar-refractivity contribution is 0.0954. The van der Waals surface area contributed by atoms with Gasteiger partial charge in [-0.1, -0.05) is 30.3 Å². The van der Waals surface area contributed by atoms with Gasteiger partial charge in [0.05, 0.1) is 10.6 Å². The molecule has 8 nitrogen and oxygen atoms in total. The third kappa shape index (κ3) is 5.70. The van der Waals surface area contributed by atoms with Gasteiger partial charge in [0.2, 0.25) is 0 Å². The van der Waals surface area contributed by atoms with Crippen LogP contribution in [0.5, 0.6) is 5.75 Å². The summed E-state index contributed by atoms with van der Waals surface area (Å²) in [5.41, 5.74) is 7.82. The molecule has 0 aliphatic heterocycles. The summed E-state index contributed by atoms with van der Waals surface area (Å²) < 4.78 is 0. The maximum Gasteiger partial charge on any atom is 0.266 e. The lowest BCUT2D eigenvalue weighted by Crippen LogP contribution is -2.28. The number of hydrogen-bond donors (Lipinski definition) is 4. The Bertz CT molecular complexity index is 1430. The molecule has 0 spiro atoms. The number of nitriles is 1. The number of carbonyl (C=O) groups excluding carboxylic acids is 2. The summed E-state index contributed by atoms with van der Waals surface area (Å²) >= 11 is 1.26. The van der Waals surface area contributed by atoms with Crippen molar-refractivity contribution in [2.24, 2.45) is 5.73 Å². The Morgan fingerprint density at radius 1 is 1.03 bits per heavy atom. The zero-order chi connectivity index (χ0) is 24.8. The van der Waals surface area contributed by atoms with E-state index < -0.39 is 5.91 Å². The normalized spacial score (nSPS) is 10.1. The Morgan fingerprint density at radius 2 is 1.83 bits per heavy atom. The first-order chi connectivity index (χ1) is 17.0. The van der Waals surface area contributed by atoms with Crippen molar-refractivity contribution in [3.05, 3.63) is 88.1 Å². The zero-order valence-electron chi connectivity index (χ0n) is 18.9. The molecule has 0 bridgehead atoms. The van der Waals surface area contributed by atoms with Crippen LogP contribution >= 0.6 is 23.7 Å². The molecule has 0 saturated carbocycles. The fourth-order valence-corrected chi connectivity index (χ4v) is 4.12. The van der Waals surface area contributed by atoms with Crippen molar-refractivity contribution in [2.45, 2.75) is 0 Å². The molecule has 0 radical (unpaired) electrons. The highest BCUT2D eigenvalue weighted by atomic mass is 35.5. The highest BCUT2D eigenvalue weighted by Crippen LogP contribution is 2.35. The first-order valence-electron chi connectivity index (χ1n) is 10.7. The molecule has 4 aromatic rings. The number of nitrogens with zero attached hydrogens (tertiary/aromatic N) is 2. The van der Waals surface area contributed by atoms with Crippen molar-refractivity contribution in [2.75, 3.05) is 18.4 Å². The molecule has 5 N–H and O–H groups in total. The Kier molecular flexibility index (Phi) is 8.76. The molecule has 0 saturated heterocycles. The third-order valence-corrected chi connectivity index (χ3v) is 6.02. The summed E-state index contributed by atoms with van der Waals surface area (Å²) in [6.45, 7) is 0.643. The molecule has 182 valence electrons. The Labute approximate surface area is 217 Å². The fourth-order valence-electron chi connectivity index (χ4n) is 3.50. The van der Waals surface area contributed by atoms with Gasteiger partial charge in [0.25, 0.3) is 11.8 Å². The van der Waals surface area contributed by atoms with Crippen LogP contribution in [-0.2, 0) is 0 Å². The molecule has 0 unspecified atom stereocenters. The summed E-state index contributed by atoms with van der Waals surface area (Å²) in [4.78, 5) is 30.2. The van der Waals surface area contributed by atoms with Crippen LogP contribution in [0.3, 0.4) is 0 Å². The molecule has 0 fully saturated rings. The highest BCUT2D eigenvalue weighted by molar-refractivity contribution is 7.12. The van der Waals surface area contributed by atoms with Gasteiger partial charge in [-0.15, -0.1) is 23.7 Å². The highest BCUT2D eigenvalue weighted by Gasteiger charge is 2.20. The molecule has 0 aliphatic rings. The maximum atomic E-state index is 12.8. The van der Waals surface area contributed by atoms with Gasteiger partial charge in [-0.2, -0.15) is 5.26 Å². The SMILES string of the molecule is Cl.N#Cc1c(-c2cccc(C(=O)NCCN)c2)cc(-c2ccccc2O)nc1NC(=O)c1cccs1. The number of para-hydroxylation sites is 1. The summed E-state index contributed by atoms with van der Waals surface area (Å²) in [5.74, 6) is -0.642. The predicted molar refractivity (Wildman–Crippen MR) is 142 cm³/mol. The molecule has 0 atom stereocenters. The molecule has 10 heteroatoms. The fraction of sp³-hybridized carbons (Fsp3) is 0.0769. The smallest absolute Gasteiger partial charge is 0.266 e. The number of hydrogen-bond acceptors (Lipinski definition) is 7. The number of nitrogens with one attached hydrogen (secondary N) is 2. The summed E-state index contributed by atoms with van der Waals surface area (Å²) in [6.07, 6.45) is 0. The lowest BCUT2D eigenvalue weighted by Gasteiger charge is -2.14. The van der Waals surface area contributed by atoms with Crippen molar-refractivity contribution < 1.29 is 14.7 Å². The molecular formula is C26H22ClN5O3S. The molecule has 2 aromatic carbocycles. The first-order valence-corrected chi connectivity index (χ1v) is 11.6. The van der Waals surface area contributed by atoms with Crippen molar-refractivity contribution in [1.82, 2.24) is 10.3 Å². The number of thiophene rings is 1. The minimum absolute atomic E-state index is 0. The molecule has 2 heterocycles. The molecule has 2 aromatic heterocycles.